The summed E-state index contributed by atoms with van der Waals surface area (Å²) < 4.78 is 10.7. The number of hydrogen-bond acceptors (Lipinski definition) is 3. The molecule has 2 aromatic carbocycles. The van der Waals surface area contributed by atoms with Gasteiger partial charge >= 0.3 is 0 Å². The summed E-state index contributed by atoms with van der Waals surface area (Å²) in [4.78, 5) is 0. The Hall–Kier alpha value is -2.00. The van der Waals surface area contributed by atoms with Crippen LogP contribution in [0.2, 0.25) is 0 Å². The summed E-state index contributed by atoms with van der Waals surface area (Å²) in [6, 6.07) is 14.5. The summed E-state index contributed by atoms with van der Waals surface area (Å²) in [5.74, 6) is 1.72. The van der Waals surface area contributed by atoms with Gasteiger partial charge in [-0.3, -0.25) is 0 Å². The number of hydrogen-bond donors (Lipinski definition) is 1. The van der Waals surface area contributed by atoms with Gasteiger partial charge in [0, 0.05) is 18.2 Å². The average molecular weight is 285 g/mol. The molecule has 21 heavy (non-hydrogen) atoms. The van der Waals surface area contributed by atoms with Crippen LogP contribution in [0.1, 0.15) is 29.7 Å². The summed E-state index contributed by atoms with van der Waals surface area (Å²) in [5.41, 5.74) is 3.71. The van der Waals surface area contributed by atoms with Crippen LogP contribution in [0.25, 0.3) is 0 Å². The molecule has 0 saturated heterocycles. The van der Waals surface area contributed by atoms with Gasteiger partial charge in [0.05, 0.1) is 14.2 Å². The quantitative estimate of drug-likeness (QED) is 0.874. The first kappa shape index (κ1) is 15.4. The molecule has 2 rings (SSSR count). The third-order valence-electron chi connectivity index (χ3n) is 3.76. The Kier molecular flexibility index (Phi) is 5.23. The minimum Gasteiger partial charge on any atom is -0.497 e. The normalized spacial score (nSPS) is 12.0. The molecule has 112 valence electrons. The summed E-state index contributed by atoms with van der Waals surface area (Å²) in [6.07, 6.45) is 0. The minimum atomic E-state index is 0.176. The van der Waals surface area contributed by atoms with Gasteiger partial charge in [-0.1, -0.05) is 24.3 Å². The zero-order valence-electron chi connectivity index (χ0n) is 13.1. The first-order valence-electron chi connectivity index (χ1n) is 7.15. The van der Waals surface area contributed by atoms with Crippen LogP contribution in [-0.4, -0.2) is 14.2 Å². The van der Waals surface area contributed by atoms with Gasteiger partial charge in [-0.15, -0.1) is 0 Å². The second-order valence-corrected chi connectivity index (χ2v) is 5.14. The van der Waals surface area contributed by atoms with Crippen molar-refractivity contribution in [2.75, 3.05) is 14.2 Å². The molecule has 0 spiro atoms. The molecule has 2 aromatic rings. The first-order valence-corrected chi connectivity index (χ1v) is 7.15. The molecule has 0 aromatic heterocycles. The van der Waals surface area contributed by atoms with Crippen LogP contribution in [0.3, 0.4) is 0 Å². The molecule has 0 amide bonds. The predicted octanol–water partition coefficient (Wildman–Crippen LogP) is 3.86. The molecular formula is C18H23NO2. The average Bonchev–Trinajstić information content (AvgIpc) is 2.53. The Morgan fingerprint density at radius 1 is 1.05 bits per heavy atom. The lowest BCUT2D eigenvalue weighted by molar-refractivity contribution is 0.391. The third-order valence-corrected chi connectivity index (χ3v) is 3.76. The van der Waals surface area contributed by atoms with Crippen molar-refractivity contribution < 1.29 is 9.47 Å². The molecule has 0 unspecified atom stereocenters. The van der Waals surface area contributed by atoms with E-state index in [0.29, 0.717) is 0 Å². The maximum atomic E-state index is 5.45. The molecule has 1 atom stereocenters. The Labute approximate surface area is 126 Å². The van der Waals surface area contributed by atoms with Crippen LogP contribution >= 0.6 is 0 Å². The van der Waals surface area contributed by atoms with Crippen molar-refractivity contribution in [1.29, 1.82) is 0 Å². The van der Waals surface area contributed by atoms with Crippen LogP contribution < -0.4 is 14.8 Å². The number of benzene rings is 2. The van der Waals surface area contributed by atoms with Crippen molar-refractivity contribution in [2.24, 2.45) is 0 Å². The van der Waals surface area contributed by atoms with E-state index in [1.807, 2.05) is 18.2 Å². The molecule has 1 N–H and O–H groups in total. The Morgan fingerprint density at radius 3 is 2.48 bits per heavy atom. The monoisotopic (exact) mass is 285 g/mol. The zero-order valence-corrected chi connectivity index (χ0v) is 13.1. The topological polar surface area (TPSA) is 30.5 Å². The highest BCUT2D eigenvalue weighted by atomic mass is 16.5. The zero-order chi connectivity index (χ0) is 15.2. The molecule has 0 bridgehead atoms. The van der Waals surface area contributed by atoms with E-state index in [2.05, 4.69) is 43.4 Å². The highest BCUT2D eigenvalue weighted by Gasteiger charge is 2.12. The number of nitrogens with one attached hydrogen (secondary N) is 1. The number of rotatable bonds is 6. The summed E-state index contributed by atoms with van der Waals surface area (Å²) in [6.45, 7) is 5.09. The van der Waals surface area contributed by atoms with Gasteiger partial charge in [0.1, 0.15) is 11.5 Å². The summed E-state index contributed by atoms with van der Waals surface area (Å²) in [7, 11) is 3.37. The second-order valence-electron chi connectivity index (χ2n) is 5.14. The molecule has 0 aliphatic rings. The van der Waals surface area contributed by atoms with Crippen molar-refractivity contribution in [2.45, 2.75) is 26.4 Å². The van der Waals surface area contributed by atoms with Crippen LogP contribution in [0.5, 0.6) is 11.5 Å². The highest BCUT2D eigenvalue weighted by molar-refractivity contribution is 5.42. The SMILES string of the molecule is COc1ccc(OC)c([C@H](C)NCc2ccccc2C)c1. The Balaban J connectivity index is 2.13. The summed E-state index contributed by atoms with van der Waals surface area (Å²) >= 11 is 0. The van der Waals surface area contributed by atoms with Gasteiger partial charge in [-0.05, 0) is 43.2 Å². The fourth-order valence-corrected chi connectivity index (χ4v) is 2.36. The van der Waals surface area contributed by atoms with E-state index >= 15 is 0 Å². The van der Waals surface area contributed by atoms with Gasteiger partial charge in [-0.25, -0.2) is 0 Å². The fraction of sp³-hybridized carbons (Fsp3) is 0.333. The maximum Gasteiger partial charge on any atom is 0.123 e. The number of aryl methyl sites for hydroxylation is 1. The molecule has 0 aliphatic heterocycles. The van der Waals surface area contributed by atoms with E-state index in [1.54, 1.807) is 14.2 Å². The molecule has 0 radical (unpaired) electrons. The van der Waals surface area contributed by atoms with Crippen LogP contribution in [-0.2, 0) is 6.54 Å². The fourth-order valence-electron chi connectivity index (χ4n) is 2.36. The van der Waals surface area contributed by atoms with Crippen molar-refractivity contribution in [3.63, 3.8) is 0 Å². The lowest BCUT2D eigenvalue weighted by atomic mass is 10.0. The van der Waals surface area contributed by atoms with Crippen LogP contribution in [0.4, 0.5) is 0 Å². The molecule has 0 heterocycles. The largest absolute Gasteiger partial charge is 0.497 e. The number of methoxy groups -OCH3 is 2. The third kappa shape index (κ3) is 3.76. The van der Waals surface area contributed by atoms with Crippen molar-refractivity contribution in [3.8, 4) is 11.5 Å². The Morgan fingerprint density at radius 2 is 1.81 bits per heavy atom. The van der Waals surface area contributed by atoms with Crippen LogP contribution in [0, 0.1) is 6.92 Å². The van der Waals surface area contributed by atoms with E-state index in [1.165, 1.54) is 11.1 Å². The summed E-state index contributed by atoms with van der Waals surface area (Å²) in [5, 5.41) is 3.55. The molecular weight excluding hydrogens is 262 g/mol. The maximum absolute atomic E-state index is 5.45. The van der Waals surface area contributed by atoms with Crippen LogP contribution in [0.15, 0.2) is 42.5 Å². The van der Waals surface area contributed by atoms with Gasteiger partial charge in [0.2, 0.25) is 0 Å². The Bertz CT molecular complexity index is 596. The van der Waals surface area contributed by atoms with E-state index < -0.39 is 0 Å². The molecule has 3 nitrogen and oxygen atoms in total. The molecule has 0 aliphatic carbocycles. The molecule has 0 fully saturated rings. The lowest BCUT2D eigenvalue weighted by Crippen LogP contribution is -2.19. The van der Waals surface area contributed by atoms with E-state index in [0.717, 1.165) is 23.6 Å². The minimum absolute atomic E-state index is 0.176. The van der Waals surface area contributed by atoms with Gasteiger partial charge < -0.3 is 14.8 Å². The van der Waals surface area contributed by atoms with Crippen molar-refractivity contribution in [3.05, 3.63) is 59.2 Å². The lowest BCUT2D eigenvalue weighted by Gasteiger charge is -2.19. The van der Waals surface area contributed by atoms with Crippen molar-refractivity contribution in [1.82, 2.24) is 5.32 Å². The van der Waals surface area contributed by atoms with E-state index in [-0.39, 0.29) is 6.04 Å². The van der Waals surface area contributed by atoms with Gasteiger partial charge in [0.15, 0.2) is 0 Å². The highest BCUT2D eigenvalue weighted by Crippen LogP contribution is 2.29. The predicted molar refractivity (Wildman–Crippen MR) is 86.0 cm³/mol. The molecule has 0 saturated carbocycles. The van der Waals surface area contributed by atoms with Gasteiger partial charge in [-0.2, -0.15) is 0 Å². The number of ether oxygens (including phenoxy) is 2. The second kappa shape index (κ2) is 7.14. The van der Waals surface area contributed by atoms with E-state index in [9.17, 15) is 0 Å². The molecule has 3 heteroatoms. The standard InChI is InChI=1S/C18H23NO2/c1-13-7-5-6-8-15(13)12-19-14(2)17-11-16(20-3)9-10-18(17)21-4/h5-11,14,19H,12H2,1-4H3/t14-/m0/s1. The van der Waals surface area contributed by atoms with E-state index in [4.69, 9.17) is 9.47 Å². The van der Waals surface area contributed by atoms with Gasteiger partial charge in [0.25, 0.3) is 0 Å². The van der Waals surface area contributed by atoms with Crippen molar-refractivity contribution >= 4 is 0 Å². The smallest absolute Gasteiger partial charge is 0.123 e. The first-order chi connectivity index (χ1) is 10.2.